The number of aryl methyl sites for hydroxylation is 1. The highest BCUT2D eigenvalue weighted by molar-refractivity contribution is 7.07. The lowest BCUT2D eigenvalue weighted by Crippen LogP contribution is -2.49. The standard InChI is InChI=1S/C14H19N5OS/c1-12-6-16-19(7-12)9-14(20)18-4-2-17(3-5-18)8-13-10-21-11-15-13/h6-7,10-11H,2-5,8-9H2,1H3. The van der Waals surface area contributed by atoms with Gasteiger partial charge in [-0.25, -0.2) is 4.98 Å². The molecule has 0 atom stereocenters. The number of nitrogens with zero attached hydrogens (tertiary/aromatic N) is 5. The minimum Gasteiger partial charge on any atom is -0.339 e. The lowest BCUT2D eigenvalue weighted by molar-refractivity contribution is -0.133. The van der Waals surface area contributed by atoms with Crippen molar-refractivity contribution in [3.8, 4) is 0 Å². The van der Waals surface area contributed by atoms with E-state index < -0.39 is 0 Å². The molecular weight excluding hydrogens is 286 g/mol. The van der Waals surface area contributed by atoms with Crippen molar-refractivity contribution in [2.24, 2.45) is 0 Å². The molecule has 0 aliphatic carbocycles. The predicted octanol–water partition coefficient (Wildman–Crippen LogP) is 0.992. The predicted molar refractivity (Wildman–Crippen MR) is 80.9 cm³/mol. The van der Waals surface area contributed by atoms with Crippen molar-refractivity contribution >= 4 is 17.2 Å². The fraction of sp³-hybridized carbons (Fsp3) is 0.500. The van der Waals surface area contributed by atoms with Crippen LogP contribution >= 0.6 is 11.3 Å². The van der Waals surface area contributed by atoms with Gasteiger partial charge in [0.25, 0.3) is 0 Å². The van der Waals surface area contributed by atoms with Crippen LogP contribution in [-0.4, -0.2) is 56.7 Å². The van der Waals surface area contributed by atoms with Gasteiger partial charge in [0.15, 0.2) is 0 Å². The van der Waals surface area contributed by atoms with E-state index in [1.165, 1.54) is 0 Å². The summed E-state index contributed by atoms with van der Waals surface area (Å²) in [5.41, 5.74) is 4.06. The summed E-state index contributed by atoms with van der Waals surface area (Å²) in [6.45, 7) is 6.56. The molecule has 0 spiro atoms. The van der Waals surface area contributed by atoms with Crippen molar-refractivity contribution in [1.82, 2.24) is 24.6 Å². The highest BCUT2D eigenvalue weighted by Gasteiger charge is 2.21. The average molecular weight is 305 g/mol. The van der Waals surface area contributed by atoms with Gasteiger partial charge in [0, 0.05) is 44.3 Å². The van der Waals surface area contributed by atoms with Gasteiger partial charge in [0.05, 0.1) is 17.4 Å². The van der Waals surface area contributed by atoms with E-state index in [-0.39, 0.29) is 5.91 Å². The van der Waals surface area contributed by atoms with E-state index in [0.717, 1.165) is 44.0 Å². The zero-order valence-electron chi connectivity index (χ0n) is 12.1. The van der Waals surface area contributed by atoms with E-state index in [2.05, 4.69) is 20.4 Å². The average Bonchev–Trinajstić information content (AvgIpc) is 3.12. The third kappa shape index (κ3) is 3.68. The Labute approximate surface area is 128 Å². The Morgan fingerprint density at radius 2 is 2.14 bits per heavy atom. The Balaban J connectivity index is 1.47. The SMILES string of the molecule is Cc1cnn(CC(=O)N2CCN(Cc3cscn3)CC2)c1. The van der Waals surface area contributed by atoms with Crippen molar-refractivity contribution in [3.63, 3.8) is 0 Å². The van der Waals surface area contributed by atoms with Crippen LogP contribution in [0, 0.1) is 6.92 Å². The van der Waals surface area contributed by atoms with Crippen molar-refractivity contribution in [2.75, 3.05) is 26.2 Å². The van der Waals surface area contributed by atoms with Gasteiger partial charge in [0.1, 0.15) is 6.54 Å². The molecule has 1 aliphatic heterocycles. The van der Waals surface area contributed by atoms with Crippen LogP contribution in [0.4, 0.5) is 0 Å². The molecule has 112 valence electrons. The Kier molecular flexibility index (Phi) is 4.31. The molecule has 2 aromatic heterocycles. The molecule has 7 heteroatoms. The third-order valence-electron chi connectivity index (χ3n) is 3.65. The maximum absolute atomic E-state index is 12.2. The molecule has 3 heterocycles. The van der Waals surface area contributed by atoms with Crippen LogP contribution in [0.15, 0.2) is 23.3 Å². The number of aromatic nitrogens is 3. The van der Waals surface area contributed by atoms with E-state index in [1.807, 2.05) is 23.5 Å². The largest absolute Gasteiger partial charge is 0.339 e. The second-order valence-corrected chi connectivity index (χ2v) is 6.07. The fourth-order valence-electron chi connectivity index (χ4n) is 2.49. The van der Waals surface area contributed by atoms with Gasteiger partial charge in [-0.3, -0.25) is 14.4 Å². The van der Waals surface area contributed by atoms with Crippen LogP contribution in [0.25, 0.3) is 0 Å². The minimum absolute atomic E-state index is 0.145. The van der Waals surface area contributed by atoms with E-state index in [0.29, 0.717) is 6.54 Å². The number of rotatable bonds is 4. The summed E-state index contributed by atoms with van der Waals surface area (Å²) in [6, 6.07) is 0. The van der Waals surface area contributed by atoms with E-state index in [9.17, 15) is 4.79 Å². The molecule has 6 nitrogen and oxygen atoms in total. The highest BCUT2D eigenvalue weighted by atomic mass is 32.1. The van der Waals surface area contributed by atoms with Gasteiger partial charge < -0.3 is 4.90 Å². The van der Waals surface area contributed by atoms with E-state index >= 15 is 0 Å². The van der Waals surface area contributed by atoms with Gasteiger partial charge in [-0.1, -0.05) is 0 Å². The Morgan fingerprint density at radius 1 is 1.33 bits per heavy atom. The Bertz CT molecular complexity index is 586. The molecule has 0 aromatic carbocycles. The van der Waals surface area contributed by atoms with Gasteiger partial charge in [-0.2, -0.15) is 5.10 Å². The van der Waals surface area contributed by atoms with Gasteiger partial charge >= 0.3 is 0 Å². The molecule has 1 fully saturated rings. The molecule has 21 heavy (non-hydrogen) atoms. The summed E-state index contributed by atoms with van der Waals surface area (Å²) < 4.78 is 1.71. The van der Waals surface area contributed by atoms with Crippen LogP contribution in [0.5, 0.6) is 0 Å². The maximum atomic E-state index is 12.2. The first kappa shape index (κ1) is 14.2. The number of carbonyl (C=O) groups excluding carboxylic acids is 1. The Hall–Kier alpha value is -1.73. The van der Waals surface area contributed by atoms with Gasteiger partial charge in [-0.05, 0) is 12.5 Å². The maximum Gasteiger partial charge on any atom is 0.244 e. The highest BCUT2D eigenvalue weighted by Crippen LogP contribution is 2.09. The molecule has 0 saturated carbocycles. The smallest absolute Gasteiger partial charge is 0.244 e. The topological polar surface area (TPSA) is 54.3 Å². The van der Waals surface area contributed by atoms with Crippen molar-refractivity contribution in [1.29, 1.82) is 0 Å². The number of piperazine rings is 1. The molecular formula is C14H19N5OS. The number of thiazole rings is 1. The summed E-state index contributed by atoms with van der Waals surface area (Å²) in [5.74, 6) is 0.145. The number of hydrogen-bond donors (Lipinski definition) is 0. The molecule has 2 aromatic rings. The van der Waals surface area contributed by atoms with Gasteiger partial charge in [-0.15, -0.1) is 11.3 Å². The van der Waals surface area contributed by atoms with Crippen molar-refractivity contribution in [3.05, 3.63) is 34.5 Å². The number of carbonyl (C=O) groups is 1. The summed E-state index contributed by atoms with van der Waals surface area (Å²) in [7, 11) is 0. The first-order valence-electron chi connectivity index (χ1n) is 7.07. The summed E-state index contributed by atoms with van der Waals surface area (Å²) >= 11 is 1.62. The summed E-state index contributed by atoms with van der Waals surface area (Å²) in [6.07, 6.45) is 3.68. The molecule has 0 N–H and O–H groups in total. The number of hydrogen-bond acceptors (Lipinski definition) is 5. The van der Waals surface area contributed by atoms with Crippen LogP contribution in [0.1, 0.15) is 11.3 Å². The molecule has 0 unspecified atom stereocenters. The first-order valence-corrected chi connectivity index (χ1v) is 8.01. The van der Waals surface area contributed by atoms with Crippen LogP contribution < -0.4 is 0 Å². The van der Waals surface area contributed by atoms with Crippen LogP contribution in [0.3, 0.4) is 0 Å². The molecule has 0 bridgehead atoms. The lowest BCUT2D eigenvalue weighted by atomic mass is 10.3. The van der Waals surface area contributed by atoms with E-state index in [4.69, 9.17) is 0 Å². The quantitative estimate of drug-likeness (QED) is 0.845. The first-order chi connectivity index (χ1) is 10.2. The van der Waals surface area contributed by atoms with Crippen LogP contribution in [-0.2, 0) is 17.9 Å². The van der Waals surface area contributed by atoms with Crippen molar-refractivity contribution < 1.29 is 4.79 Å². The number of amides is 1. The van der Waals surface area contributed by atoms with E-state index in [1.54, 1.807) is 22.2 Å². The third-order valence-corrected chi connectivity index (χ3v) is 4.29. The fourth-order valence-corrected chi connectivity index (χ4v) is 3.04. The zero-order valence-corrected chi connectivity index (χ0v) is 12.9. The molecule has 1 amide bonds. The van der Waals surface area contributed by atoms with Gasteiger partial charge in [0.2, 0.25) is 5.91 Å². The molecule has 1 aliphatic rings. The molecule has 3 rings (SSSR count). The zero-order chi connectivity index (χ0) is 14.7. The monoisotopic (exact) mass is 305 g/mol. The normalized spacial score (nSPS) is 16.3. The van der Waals surface area contributed by atoms with Crippen LogP contribution in [0.2, 0.25) is 0 Å². The lowest BCUT2D eigenvalue weighted by Gasteiger charge is -2.34. The summed E-state index contributed by atoms with van der Waals surface area (Å²) in [4.78, 5) is 20.8. The molecule has 1 saturated heterocycles. The minimum atomic E-state index is 0.145. The Morgan fingerprint density at radius 3 is 2.76 bits per heavy atom. The summed E-state index contributed by atoms with van der Waals surface area (Å²) in [5, 5.41) is 6.25. The second kappa shape index (κ2) is 6.36. The second-order valence-electron chi connectivity index (χ2n) is 5.35. The molecule has 0 radical (unpaired) electrons. The van der Waals surface area contributed by atoms with Crippen molar-refractivity contribution in [2.45, 2.75) is 20.0 Å².